The summed E-state index contributed by atoms with van der Waals surface area (Å²) in [5.41, 5.74) is 10.4. The van der Waals surface area contributed by atoms with Gasteiger partial charge in [-0.1, -0.05) is 94.3 Å². The van der Waals surface area contributed by atoms with Crippen LogP contribution in [-0.4, -0.2) is 0 Å². The van der Waals surface area contributed by atoms with Gasteiger partial charge in [0.25, 0.3) is 0 Å². The maximum absolute atomic E-state index is 2.43. The Morgan fingerprint density at radius 2 is 1.77 bits per heavy atom. The maximum Gasteiger partial charge on any atom is 0.0284 e. The van der Waals surface area contributed by atoms with Crippen molar-refractivity contribution in [2.45, 2.75) is 58.3 Å². The van der Waals surface area contributed by atoms with Gasteiger partial charge in [0, 0.05) is 12.3 Å². The van der Waals surface area contributed by atoms with E-state index < -0.39 is 0 Å². The summed E-state index contributed by atoms with van der Waals surface area (Å²) in [6.07, 6.45) is 10.9. The minimum atomic E-state index is 0.170. The van der Waals surface area contributed by atoms with Gasteiger partial charge in [-0.25, -0.2) is 0 Å². The lowest BCUT2D eigenvalue weighted by molar-refractivity contribution is 0.588. The van der Waals surface area contributed by atoms with Crippen molar-refractivity contribution in [1.29, 1.82) is 0 Å². The second-order valence-corrected chi connectivity index (χ2v) is 8.67. The number of rotatable bonds is 4. The highest BCUT2D eigenvalue weighted by Crippen LogP contribution is 2.49. The van der Waals surface area contributed by atoms with E-state index in [2.05, 4.69) is 88.7 Å². The molecule has 0 nitrogen and oxygen atoms in total. The first kappa shape index (κ1) is 17.3. The highest BCUT2D eigenvalue weighted by molar-refractivity contribution is 5.89. The van der Waals surface area contributed by atoms with Gasteiger partial charge in [0.15, 0.2) is 0 Å². The van der Waals surface area contributed by atoms with Gasteiger partial charge in [0.1, 0.15) is 0 Å². The fraction of sp³-hybridized carbons (Fsp3) is 0.346. The molecule has 2 aliphatic carbocycles. The van der Waals surface area contributed by atoms with Crippen molar-refractivity contribution in [2.24, 2.45) is 0 Å². The van der Waals surface area contributed by atoms with E-state index >= 15 is 0 Å². The van der Waals surface area contributed by atoms with E-state index in [1.54, 1.807) is 0 Å². The predicted molar refractivity (Wildman–Crippen MR) is 113 cm³/mol. The summed E-state index contributed by atoms with van der Waals surface area (Å²) in [4.78, 5) is 0. The largest absolute Gasteiger partial charge is 0.0720 e. The quantitative estimate of drug-likeness (QED) is 0.547. The first-order valence-electron chi connectivity index (χ1n) is 9.99. The van der Waals surface area contributed by atoms with Crippen LogP contribution in [0.5, 0.6) is 0 Å². The van der Waals surface area contributed by atoms with E-state index in [1.807, 2.05) is 0 Å². The first-order chi connectivity index (χ1) is 12.5. The molecule has 0 bridgehead atoms. The van der Waals surface area contributed by atoms with Crippen molar-refractivity contribution in [1.82, 2.24) is 0 Å². The molecule has 0 aliphatic heterocycles. The van der Waals surface area contributed by atoms with Crippen molar-refractivity contribution in [3.05, 3.63) is 88.4 Å². The second-order valence-electron chi connectivity index (χ2n) is 8.67. The molecule has 0 aromatic heterocycles. The lowest BCUT2D eigenvalue weighted by atomic mass is 9.80. The Labute approximate surface area is 158 Å². The summed E-state index contributed by atoms with van der Waals surface area (Å²) >= 11 is 0. The van der Waals surface area contributed by atoms with Crippen molar-refractivity contribution < 1.29 is 0 Å². The highest BCUT2D eigenvalue weighted by Gasteiger charge is 2.32. The van der Waals surface area contributed by atoms with Crippen LogP contribution in [0.15, 0.2) is 54.1 Å². The second kappa shape index (κ2) is 6.58. The van der Waals surface area contributed by atoms with E-state index in [9.17, 15) is 0 Å². The molecule has 1 radical (unpaired) electrons. The molecule has 4 rings (SSSR count). The molecule has 133 valence electrons. The Hall–Kier alpha value is -2.08. The topological polar surface area (TPSA) is 0 Å². The lowest BCUT2D eigenvalue weighted by Gasteiger charge is -2.24. The predicted octanol–water partition coefficient (Wildman–Crippen LogP) is 7.30. The number of allylic oxidation sites excluding steroid dienone is 3. The summed E-state index contributed by atoms with van der Waals surface area (Å²) in [6, 6.07) is 15.8. The van der Waals surface area contributed by atoms with Crippen molar-refractivity contribution >= 4 is 11.6 Å². The molecule has 0 heterocycles. The van der Waals surface area contributed by atoms with Crippen molar-refractivity contribution in [3.63, 3.8) is 0 Å². The molecule has 2 aromatic carbocycles. The minimum Gasteiger partial charge on any atom is -0.0720 e. The van der Waals surface area contributed by atoms with Gasteiger partial charge in [-0.15, -0.1) is 0 Å². The average molecular weight is 342 g/mol. The number of unbranched alkanes of at least 4 members (excludes halogenated alkanes) is 1. The molecule has 0 fully saturated rings. The SMILES string of the molecule is CCCCC1=C(C2C=Cc3c2cccc3C(C)(C)C)c2ccccc2[CH]1. The molecule has 0 N–H and O–H groups in total. The van der Waals surface area contributed by atoms with Gasteiger partial charge in [0.2, 0.25) is 0 Å². The highest BCUT2D eigenvalue weighted by atomic mass is 14.4. The summed E-state index contributed by atoms with van der Waals surface area (Å²) in [5, 5.41) is 0. The maximum atomic E-state index is 2.43. The normalized spacial score (nSPS) is 18.4. The van der Waals surface area contributed by atoms with E-state index in [0.29, 0.717) is 5.92 Å². The van der Waals surface area contributed by atoms with E-state index in [4.69, 9.17) is 0 Å². The monoisotopic (exact) mass is 341 g/mol. The number of hydrogen-bond donors (Lipinski definition) is 0. The third-order valence-corrected chi connectivity index (χ3v) is 5.78. The Morgan fingerprint density at radius 1 is 0.962 bits per heavy atom. The standard InChI is InChI=1S/C26H29/c1-5-6-10-19-17-18-11-7-8-12-20(18)25(19)23-16-15-22-21(23)13-9-14-24(22)26(2,3)4/h7-9,11-17,23H,5-6,10H2,1-4H3. The Balaban J connectivity index is 1.82. The lowest BCUT2D eigenvalue weighted by Crippen LogP contribution is -2.13. The summed E-state index contributed by atoms with van der Waals surface area (Å²) < 4.78 is 0. The fourth-order valence-corrected chi connectivity index (χ4v) is 4.49. The number of fused-ring (bicyclic) bond motifs is 2. The van der Waals surface area contributed by atoms with Crippen molar-refractivity contribution in [2.75, 3.05) is 0 Å². The van der Waals surface area contributed by atoms with Gasteiger partial charge in [-0.2, -0.15) is 0 Å². The summed E-state index contributed by atoms with van der Waals surface area (Å²) in [5.74, 6) is 0.388. The molecule has 0 saturated carbocycles. The van der Waals surface area contributed by atoms with Crippen LogP contribution >= 0.6 is 0 Å². The Morgan fingerprint density at radius 3 is 2.54 bits per heavy atom. The van der Waals surface area contributed by atoms with Gasteiger partial charge in [-0.3, -0.25) is 0 Å². The zero-order valence-electron chi connectivity index (χ0n) is 16.5. The molecule has 0 spiro atoms. The van der Waals surface area contributed by atoms with Gasteiger partial charge in [-0.05, 0) is 51.6 Å². The average Bonchev–Trinajstić information content (AvgIpc) is 3.19. The van der Waals surface area contributed by atoms with Crippen LogP contribution in [0.2, 0.25) is 0 Å². The third-order valence-electron chi connectivity index (χ3n) is 5.78. The Kier molecular flexibility index (Phi) is 4.39. The zero-order valence-corrected chi connectivity index (χ0v) is 16.5. The van der Waals surface area contributed by atoms with Crippen LogP contribution < -0.4 is 0 Å². The summed E-state index contributed by atoms with van der Waals surface area (Å²) in [6.45, 7) is 9.22. The molecule has 1 unspecified atom stereocenters. The van der Waals surface area contributed by atoms with Crippen LogP contribution in [0.25, 0.3) is 11.6 Å². The fourth-order valence-electron chi connectivity index (χ4n) is 4.49. The van der Waals surface area contributed by atoms with Gasteiger partial charge < -0.3 is 0 Å². The third kappa shape index (κ3) is 2.86. The molecular weight excluding hydrogens is 312 g/mol. The van der Waals surface area contributed by atoms with Crippen LogP contribution in [0, 0.1) is 6.42 Å². The van der Waals surface area contributed by atoms with Gasteiger partial charge >= 0.3 is 0 Å². The molecule has 1 atom stereocenters. The van der Waals surface area contributed by atoms with Gasteiger partial charge in [0.05, 0.1) is 0 Å². The van der Waals surface area contributed by atoms with Crippen LogP contribution in [0.1, 0.15) is 80.7 Å². The van der Waals surface area contributed by atoms with E-state index in [0.717, 1.165) is 0 Å². The molecule has 26 heavy (non-hydrogen) atoms. The van der Waals surface area contributed by atoms with E-state index in [1.165, 1.54) is 58.2 Å². The van der Waals surface area contributed by atoms with Crippen LogP contribution in [-0.2, 0) is 5.41 Å². The minimum absolute atomic E-state index is 0.170. The molecule has 0 saturated heterocycles. The molecule has 0 heteroatoms. The first-order valence-corrected chi connectivity index (χ1v) is 9.99. The van der Waals surface area contributed by atoms with E-state index in [-0.39, 0.29) is 5.41 Å². The molecule has 2 aromatic rings. The number of hydrogen-bond acceptors (Lipinski definition) is 0. The van der Waals surface area contributed by atoms with Crippen LogP contribution in [0.4, 0.5) is 0 Å². The number of benzene rings is 2. The molecule has 2 aliphatic rings. The molecule has 0 amide bonds. The van der Waals surface area contributed by atoms with Crippen molar-refractivity contribution in [3.8, 4) is 0 Å². The molecular formula is C26H29. The Bertz CT molecular complexity index is 886. The summed E-state index contributed by atoms with van der Waals surface area (Å²) in [7, 11) is 0. The van der Waals surface area contributed by atoms with Crippen LogP contribution in [0.3, 0.4) is 0 Å². The smallest absolute Gasteiger partial charge is 0.0284 e. The zero-order chi connectivity index (χ0) is 18.3.